The monoisotopic (exact) mass is 285 g/mol. The van der Waals surface area contributed by atoms with Crippen LogP contribution in [0.4, 0.5) is 10.1 Å². The van der Waals surface area contributed by atoms with E-state index >= 15 is 0 Å². The molecule has 0 saturated heterocycles. The Hall–Kier alpha value is -0.570. The zero-order chi connectivity index (χ0) is 11.5. The normalized spacial score (nSPS) is 24.7. The predicted octanol–water partition coefficient (Wildman–Crippen LogP) is 4.58. The Morgan fingerprint density at radius 2 is 2.25 bits per heavy atom. The molecule has 88 valence electrons. The van der Waals surface area contributed by atoms with Gasteiger partial charge in [0.25, 0.3) is 0 Å². The van der Waals surface area contributed by atoms with Crippen molar-refractivity contribution in [2.24, 2.45) is 5.92 Å². The average Bonchev–Trinajstić information content (AvgIpc) is 2.71. The molecule has 0 aromatic heterocycles. The molecule has 1 aliphatic rings. The van der Waals surface area contributed by atoms with Gasteiger partial charge in [-0.1, -0.05) is 19.8 Å². The number of hydrogen-bond donors (Lipinski definition) is 1. The Bertz CT molecular complexity index is 367. The molecule has 0 bridgehead atoms. The van der Waals surface area contributed by atoms with Crippen molar-refractivity contribution in [1.82, 2.24) is 0 Å². The van der Waals surface area contributed by atoms with Crippen molar-refractivity contribution < 1.29 is 4.39 Å². The van der Waals surface area contributed by atoms with Gasteiger partial charge in [0.15, 0.2) is 0 Å². The molecule has 2 unspecified atom stereocenters. The van der Waals surface area contributed by atoms with E-state index in [0.29, 0.717) is 10.5 Å². The SMILES string of the molecule is CCC1CCCC1Nc1ccc(F)c(Br)c1. The minimum Gasteiger partial charge on any atom is -0.382 e. The van der Waals surface area contributed by atoms with Gasteiger partial charge in [0.2, 0.25) is 0 Å². The van der Waals surface area contributed by atoms with Crippen LogP contribution >= 0.6 is 15.9 Å². The summed E-state index contributed by atoms with van der Waals surface area (Å²) < 4.78 is 13.6. The van der Waals surface area contributed by atoms with E-state index in [9.17, 15) is 4.39 Å². The zero-order valence-corrected chi connectivity index (χ0v) is 11.1. The summed E-state index contributed by atoms with van der Waals surface area (Å²) in [6, 6.07) is 5.69. The molecule has 1 saturated carbocycles. The van der Waals surface area contributed by atoms with Crippen molar-refractivity contribution in [2.75, 3.05) is 5.32 Å². The van der Waals surface area contributed by atoms with Crippen LogP contribution in [0.5, 0.6) is 0 Å². The highest BCUT2D eigenvalue weighted by Gasteiger charge is 2.25. The summed E-state index contributed by atoms with van der Waals surface area (Å²) in [4.78, 5) is 0. The number of nitrogens with one attached hydrogen (secondary N) is 1. The van der Waals surface area contributed by atoms with Crippen molar-refractivity contribution >= 4 is 21.6 Å². The summed E-state index contributed by atoms with van der Waals surface area (Å²) in [5, 5.41) is 3.51. The number of halogens is 2. The molecule has 16 heavy (non-hydrogen) atoms. The van der Waals surface area contributed by atoms with Gasteiger partial charge in [-0.15, -0.1) is 0 Å². The second-order valence-electron chi connectivity index (χ2n) is 4.48. The number of rotatable bonds is 3. The molecule has 0 heterocycles. The van der Waals surface area contributed by atoms with E-state index in [1.165, 1.54) is 31.7 Å². The fourth-order valence-corrected chi connectivity index (χ4v) is 2.89. The lowest BCUT2D eigenvalue weighted by Crippen LogP contribution is -2.23. The molecule has 2 rings (SSSR count). The largest absolute Gasteiger partial charge is 0.382 e. The fraction of sp³-hybridized carbons (Fsp3) is 0.538. The summed E-state index contributed by atoms with van der Waals surface area (Å²) in [6.45, 7) is 2.24. The van der Waals surface area contributed by atoms with Gasteiger partial charge in [-0.2, -0.15) is 0 Å². The lowest BCUT2D eigenvalue weighted by atomic mass is 10.0. The Balaban J connectivity index is 2.05. The van der Waals surface area contributed by atoms with E-state index in [-0.39, 0.29) is 5.82 Å². The Morgan fingerprint density at radius 3 is 2.94 bits per heavy atom. The molecule has 0 spiro atoms. The first-order chi connectivity index (χ1) is 7.70. The first kappa shape index (κ1) is 11.9. The molecule has 1 aromatic rings. The van der Waals surface area contributed by atoms with Crippen LogP contribution in [0, 0.1) is 11.7 Å². The second kappa shape index (κ2) is 5.17. The molecule has 0 amide bonds. The maximum absolute atomic E-state index is 13.1. The first-order valence-corrected chi connectivity index (χ1v) is 6.71. The first-order valence-electron chi connectivity index (χ1n) is 5.92. The van der Waals surface area contributed by atoms with E-state index in [0.717, 1.165) is 11.6 Å². The minimum atomic E-state index is -0.205. The molecule has 1 aromatic carbocycles. The van der Waals surface area contributed by atoms with Gasteiger partial charge in [-0.05, 0) is 52.9 Å². The fourth-order valence-electron chi connectivity index (χ4n) is 2.52. The van der Waals surface area contributed by atoms with Crippen molar-refractivity contribution in [3.8, 4) is 0 Å². The van der Waals surface area contributed by atoms with E-state index in [1.807, 2.05) is 12.1 Å². The highest BCUT2D eigenvalue weighted by atomic mass is 79.9. The van der Waals surface area contributed by atoms with Crippen LogP contribution < -0.4 is 5.32 Å². The van der Waals surface area contributed by atoms with Crippen molar-refractivity contribution in [3.63, 3.8) is 0 Å². The third-order valence-electron chi connectivity index (χ3n) is 3.46. The lowest BCUT2D eigenvalue weighted by molar-refractivity contribution is 0.489. The van der Waals surface area contributed by atoms with Crippen LogP contribution in [0.15, 0.2) is 22.7 Å². The molecule has 1 fully saturated rings. The Kier molecular flexibility index (Phi) is 3.85. The van der Waals surface area contributed by atoms with E-state index in [1.54, 1.807) is 0 Å². The van der Waals surface area contributed by atoms with Gasteiger partial charge in [0, 0.05) is 11.7 Å². The molecular weight excluding hydrogens is 269 g/mol. The third-order valence-corrected chi connectivity index (χ3v) is 4.06. The van der Waals surface area contributed by atoms with Crippen molar-refractivity contribution in [2.45, 2.75) is 38.6 Å². The van der Waals surface area contributed by atoms with Gasteiger partial charge < -0.3 is 5.32 Å². The minimum absolute atomic E-state index is 0.205. The number of anilines is 1. The topological polar surface area (TPSA) is 12.0 Å². The summed E-state index contributed by atoms with van der Waals surface area (Å²) in [6.07, 6.45) is 5.07. The van der Waals surface area contributed by atoms with E-state index < -0.39 is 0 Å². The van der Waals surface area contributed by atoms with Gasteiger partial charge >= 0.3 is 0 Å². The Morgan fingerprint density at radius 1 is 1.44 bits per heavy atom. The molecule has 0 aliphatic heterocycles. The summed E-state index contributed by atoms with van der Waals surface area (Å²) in [5.74, 6) is 0.563. The van der Waals surface area contributed by atoms with Gasteiger partial charge in [-0.25, -0.2) is 4.39 Å². The van der Waals surface area contributed by atoms with Crippen LogP contribution in [-0.4, -0.2) is 6.04 Å². The summed E-state index contributed by atoms with van der Waals surface area (Å²) >= 11 is 3.21. The molecule has 1 N–H and O–H groups in total. The highest BCUT2D eigenvalue weighted by molar-refractivity contribution is 9.10. The van der Waals surface area contributed by atoms with Gasteiger partial charge in [0.05, 0.1) is 4.47 Å². The zero-order valence-electron chi connectivity index (χ0n) is 9.47. The maximum Gasteiger partial charge on any atom is 0.137 e. The van der Waals surface area contributed by atoms with E-state index in [4.69, 9.17) is 0 Å². The second-order valence-corrected chi connectivity index (χ2v) is 5.33. The third kappa shape index (κ3) is 2.57. The maximum atomic E-state index is 13.1. The molecule has 1 aliphatic carbocycles. The quantitative estimate of drug-likeness (QED) is 0.857. The van der Waals surface area contributed by atoms with Crippen LogP contribution in [0.3, 0.4) is 0 Å². The van der Waals surface area contributed by atoms with Crippen LogP contribution in [0.25, 0.3) is 0 Å². The summed E-state index contributed by atoms with van der Waals surface area (Å²) in [7, 11) is 0. The Labute approximate surface area is 105 Å². The standard InChI is InChI=1S/C13H17BrFN/c1-2-9-4-3-5-13(9)16-10-6-7-12(15)11(14)8-10/h6-9,13,16H,2-5H2,1H3. The summed E-state index contributed by atoms with van der Waals surface area (Å²) in [5.41, 5.74) is 1.01. The lowest BCUT2D eigenvalue weighted by Gasteiger charge is -2.21. The van der Waals surface area contributed by atoms with Crippen LogP contribution in [0.2, 0.25) is 0 Å². The molecular formula is C13H17BrFN. The smallest absolute Gasteiger partial charge is 0.137 e. The van der Waals surface area contributed by atoms with Gasteiger partial charge in [-0.3, -0.25) is 0 Å². The van der Waals surface area contributed by atoms with Crippen molar-refractivity contribution in [1.29, 1.82) is 0 Å². The number of benzene rings is 1. The molecule has 1 nitrogen and oxygen atoms in total. The molecule has 2 atom stereocenters. The molecule has 0 radical (unpaired) electrons. The predicted molar refractivity (Wildman–Crippen MR) is 69.1 cm³/mol. The molecule has 3 heteroatoms. The average molecular weight is 286 g/mol. The highest BCUT2D eigenvalue weighted by Crippen LogP contribution is 2.31. The van der Waals surface area contributed by atoms with Gasteiger partial charge in [0.1, 0.15) is 5.82 Å². The van der Waals surface area contributed by atoms with Crippen LogP contribution in [-0.2, 0) is 0 Å². The van der Waals surface area contributed by atoms with Crippen LogP contribution in [0.1, 0.15) is 32.6 Å². The van der Waals surface area contributed by atoms with Crippen molar-refractivity contribution in [3.05, 3.63) is 28.5 Å². The van der Waals surface area contributed by atoms with E-state index in [2.05, 4.69) is 28.2 Å². The number of hydrogen-bond acceptors (Lipinski definition) is 1.